The van der Waals surface area contributed by atoms with Gasteiger partial charge in [0.05, 0.1) is 10.5 Å². The Kier molecular flexibility index (Phi) is 6.44. The lowest BCUT2D eigenvalue weighted by molar-refractivity contribution is -0.143. The summed E-state index contributed by atoms with van der Waals surface area (Å²) in [6.45, 7) is 0.771. The fraction of sp³-hybridized carbons (Fsp3) is 0.368. The zero-order chi connectivity index (χ0) is 21.9. The molecule has 1 aliphatic heterocycles. The highest BCUT2D eigenvalue weighted by Gasteiger charge is 2.40. The maximum Gasteiger partial charge on any atom is 0.416 e. The van der Waals surface area contributed by atoms with E-state index in [9.17, 15) is 31.5 Å². The van der Waals surface area contributed by atoms with Gasteiger partial charge in [0.15, 0.2) is 0 Å². The first-order chi connectivity index (χ1) is 14.1. The fourth-order valence-electron chi connectivity index (χ4n) is 3.30. The van der Waals surface area contributed by atoms with Gasteiger partial charge in [-0.05, 0) is 48.4 Å². The number of benzene rings is 1. The number of hydrogen-bond acceptors (Lipinski definition) is 5. The normalized spacial score (nSPS) is 19.0. The van der Waals surface area contributed by atoms with Crippen molar-refractivity contribution in [3.05, 3.63) is 59.9 Å². The number of halogens is 3. The summed E-state index contributed by atoms with van der Waals surface area (Å²) in [4.78, 5) is 17.2. The number of carboxylic acid groups (broad SMARTS) is 1. The van der Waals surface area contributed by atoms with E-state index in [0.29, 0.717) is 31.6 Å². The molecule has 0 radical (unpaired) electrons. The van der Waals surface area contributed by atoms with Crippen LogP contribution in [0.1, 0.15) is 11.1 Å². The van der Waals surface area contributed by atoms with Gasteiger partial charge in [-0.15, -0.1) is 0 Å². The number of carboxylic acids is 1. The highest BCUT2D eigenvalue weighted by Crippen LogP contribution is 2.30. The van der Waals surface area contributed by atoms with E-state index in [2.05, 4.69) is 4.98 Å². The quantitative estimate of drug-likeness (QED) is 0.736. The van der Waals surface area contributed by atoms with E-state index in [4.69, 9.17) is 0 Å². The third kappa shape index (κ3) is 4.97. The van der Waals surface area contributed by atoms with Crippen molar-refractivity contribution in [2.24, 2.45) is 0 Å². The van der Waals surface area contributed by atoms with Crippen molar-refractivity contribution in [1.29, 1.82) is 0 Å². The second-order valence-corrected chi connectivity index (χ2v) is 8.79. The van der Waals surface area contributed by atoms with Crippen LogP contribution in [-0.2, 0) is 27.4 Å². The second-order valence-electron chi connectivity index (χ2n) is 6.90. The Bertz CT molecular complexity index is 982. The Balaban J connectivity index is 1.74. The van der Waals surface area contributed by atoms with Crippen LogP contribution in [0.15, 0.2) is 53.7 Å². The molecule has 3 rings (SSSR count). The van der Waals surface area contributed by atoms with Crippen molar-refractivity contribution < 1.29 is 31.5 Å². The van der Waals surface area contributed by atoms with Gasteiger partial charge in [-0.25, -0.2) is 8.42 Å². The molecule has 0 aliphatic carbocycles. The monoisotopic (exact) mass is 443 g/mol. The van der Waals surface area contributed by atoms with Gasteiger partial charge in [0.25, 0.3) is 0 Å². The maximum absolute atomic E-state index is 12.9. The van der Waals surface area contributed by atoms with Crippen molar-refractivity contribution >= 4 is 16.0 Å². The van der Waals surface area contributed by atoms with Gasteiger partial charge < -0.3 is 5.11 Å². The molecule has 1 saturated heterocycles. The summed E-state index contributed by atoms with van der Waals surface area (Å²) in [5.74, 6) is -1.31. The molecule has 1 aromatic heterocycles. The number of hydrogen-bond donors (Lipinski definition) is 1. The van der Waals surface area contributed by atoms with Gasteiger partial charge >= 0.3 is 12.1 Å². The third-order valence-electron chi connectivity index (χ3n) is 4.95. The Morgan fingerprint density at radius 1 is 1.10 bits per heavy atom. The third-order valence-corrected chi connectivity index (χ3v) is 6.88. The van der Waals surface area contributed by atoms with Gasteiger partial charge in [0.1, 0.15) is 6.04 Å². The standard InChI is InChI=1S/C19H20F3N3O4S/c20-19(21,22)15-1-3-16(4-2-15)30(28,29)25-12-11-24(13-17(25)18(26)27)10-7-14-5-8-23-9-6-14/h1-6,8-9,17H,7,10-13H2,(H,26,27)/t17-/m1/s1. The molecule has 2 heterocycles. The maximum atomic E-state index is 12.9. The molecule has 2 aromatic rings. The molecule has 1 aromatic carbocycles. The number of carbonyl (C=O) groups is 1. The predicted molar refractivity (Wildman–Crippen MR) is 101 cm³/mol. The van der Waals surface area contributed by atoms with Gasteiger partial charge in [-0.2, -0.15) is 17.5 Å². The summed E-state index contributed by atoms with van der Waals surface area (Å²) in [7, 11) is -4.26. The molecule has 1 aliphatic rings. The molecule has 162 valence electrons. The lowest BCUT2D eigenvalue weighted by Gasteiger charge is -2.38. The van der Waals surface area contributed by atoms with Gasteiger partial charge in [0.2, 0.25) is 10.0 Å². The Labute approximate surface area is 171 Å². The number of aromatic nitrogens is 1. The molecule has 0 amide bonds. The number of piperazine rings is 1. The van der Waals surface area contributed by atoms with Crippen LogP contribution in [-0.4, -0.2) is 65.9 Å². The predicted octanol–water partition coefficient (Wildman–Crippen LogP) is 2.10. The largest absolute Gasteiger partial charge is 0.480 e. The summed E-state index contributed by atoms with van der Waals surface area (Å²) < 4.78 is 64.8. The second kappa shape index (κ2) is 8.70. The topological polar surface area (TPSA) is 90.8 Å². The number of nitrogens with zero attached hydrogens (tertiary/aromatic N) is 3. The lowest BCUT2D eigenvalue weighted by Crippen LogP contribution is -2.58. The van der Waals surface area contributed by atoms with E-state index in [0.717, 1.165) is 22.0 Å². The van der Waals surface area contributed by atoms with Crippen molar-refractivity contribution in [3.8, 4) is 0 Å². The molecule has 0 saturated carbocycles. The summed E-state index contributed by atoms with van der Waals surface area (Å²) in [6.07, 6.45) is -0.624. The number of pyridine rings is 1. The van der Waals surface area contributed by atoms with Crippen LogP contribution in [0.25, 0.3) is 0 Å². The Hall–Kier alpha value is -2.50. The fourth-order valence-corrected chi connectivity index (χ4v) is 4.87. The van der Waals surface area contributed by atoms with Crippen LogP contribution in [0.2, 0.25) is 0 Å². The molecule has 0 bridgehead atoms. The zero-order valence-electron chi connectivity index (χ0n) is 15.8. The smallest absolute Gasteiger partial charge is 0.416 e. The molecule has 1 fully saturated rings. The van der Waals surface area contributed by atoms with E-state index >= 15 is 0 Å². The first-order valence-corrected chi connectivity index (χ1v) is 10.6. The molecule has 1 atom stereocenters. The summed E-state index contributed by atoms with van der Waals surface area (Å²) >= 11 is 0. The average molecular weight is 443 g/mol. The summed E-state index contributed by atoms with van der Waals surface area (Å²) in [6, 6.07) is 5.42. The Morgan fingerprint density at radius 2 is 1.73 bits per heavy atom. The van der Waals surface area contributed by atoms with E-state index in [-0.39, 0.29) is 18.0 Å². The van der Waals surface area contributed by atoms with E-state index in [1.807, 2.05) is 17.0 Å². The van der Waals surface area contributed by atoms with E-state index in [1.165, 1.54) is 0 Å². The Morgan fingerprint density at radius 3 is 2.30 bits per heavy atom. The lowest BCUT2D eigenvalue weighted by atomic mass is 10.1. The van der Waals surface area contributed by atoms with Crippen molar-refractivity contribution in [2.75, 3.05) is 26.2 Å². The van der Waals surface area contributed by atoms with Crippen molar-refractivity contribution in [2.45, 2.75) is 23.5 Å². The minimum atomic E-state index is -4.59. The highest BCUT2D eigenvalue weighted by atomic mass is 32.2. The molecule has 7 nitrogen and oxygen atoms in total. The van der Waals surface area contributed by atoms with Crippen LogP contribution < -0.4 is 0 Å². The number of alkyl halides is 3. The molecular formula is C19H20F3N3O4S. The summed E-state index contributed by atoms with van der Waals surface area (Å²) in [5.41, 5.74) is 0.0499. The first kappa shape index (κ1) is 22.2. The highest BCUT2D eigenvalue weighted by molar-refractivity contribution is 7.89. The van der Waals surface area contributed by atoms with Crippen LogP contribution in [0.3, 0.4) is 0 Å². The number of rotatable bonds is 6. The van der Waals surface area contributed by atoms with Crippen LogP contribution in [0, 0.1) is 0 Å². The molecule has 0 unspecified atom stereocenters. The van der Waals surface area contributed by atoms with E-state index in [1.54, 1.807) is 12.4 Å². The average Bonchev–Trinajstić information content (AvgIpc) is 2.72. The number of sulfonamides is 1. The summed E-state index contributed by atoms with van der Waals surface area (Å²) in [5, 5.41) is 9.58. The molecule has 1 N–H and O–H groups in total. The van der Waals surface area contributed by atoms with Crippen LogP contribution >= 0.6 is 0 Å². The van der Waals surface area contributed by atoms with Crippen LogP contribution in [0.5, 0.6) is 0 Å². The molecule has 30 heavy (non-hydrogen) atoms. The van der Waals surface area contributed by atoms with Gasteiger partial charge in [-0.1, -0.05) is 0 Å². The van der Waals surface area contributed by atoms with Crippen LogP contribution in [0.4, 0.5) is 13.2 Å². The first-order valence-electron chi connectivity index (χ1n) is 9.12. The van der Waals surface area contributed by atoms with Crippen molar-refractivity contribution in [3.63, 3.8) is 0 Å². The van der Waals surface area contributed by atoms with Gasteiger partial charge in [-0.3, -0.25) is 14.7 Å². The van der Waals surface area contributed by atoms with Gasteiger partial charge in [0, 0.05) is 38.6 Å². The van der Waals surface area contributed by atoms with E-state index < -0.39 is 33.8 Å². The van der Waals surface area contributed by atoms with Crippen molar-refractivity contribution in [1.82, 2.24) is 14.2 Å². The minimum absolute atomic E-state index is 0.0136. The molecule has 0 spiro atoms. The molecule has 11 heteroatoms. The SMILES string of the molecule is O=C(O)[C@H]1CN(CCc2ccncc2)CCN1S(=O)(=O)c1ccc(C(F)(F)F)cc1. The molecular weight excluding hydrogens is 423 g/mol. The number of aliphatic carboxylic acids is 1. The minimum Gasteiger partial charge on any atom is -0.480 e. The zero-order valence-corrected chi connectivity index (χ0v) is 16.6.